The molecule has 1 aliphatic heterocycles. The van der Waals surface area contributed by atoms with Crippen molar-refractivity contribution >= 4 is 29.1 Å². The first-order valence-corrected chi connectivity index (χ1v) is 11.1. The number of aryl methyl sites for hydroxylation is 1. The maximum Gasteiger partial charge on any atom is 0.261 e. The van der Waals surface area contributed by atoms with E-state index in [4.69, 9.17) is 0 Å². The number of benzene rings is 1. The fourth-order valence-electron chi connectivity index (χ4n) is 3.48. The van der Waals surface area contributed by atoms with Crippen molar-refractivity contribution in [3.05, 3.63) is 70.3 Å². The third-order valence-electron chi connectivity index (χ3n) is 5.08. The molecule has 0 fully saturated rings. The van der Waals surface area contributed by atoms with Gasteiger partial charge in [-0.05, 0) is 37.1 Å². The summed E-state index contributed by atoms with van der Waals surface area (Å²) in [6.07, 6.45) is 5.81. The number of hydrogen-bond acceptors (Lipinski definition) is 6. The highest BCUT2D eigenvalue weighted by Crippen LogP contribution is 2.23. The van der Waals surface area contributed by atoms with Gasteiger partial charge in [-0.1, -0.05) is 12.1 Å². The number of amides is 3. The first-order valence-electron chi connectivity index (χ1n) is 10.2. The van der Waals surface area contributed by atoms with Gasteiger partial charge in [-0.2, -0.15) is 0 Å². The number of pyridine rings is 1. The summed E-state index contributed by atoms with van der Waals surface area (Å²) in [4.78, 5) is 46.6. The molecule has 3 amide bonds. The van der Waals surface area contributed by atoms with Crippen LogP contribution in [0.25, 0.3) is 11.3 Å². The van der Waals surface area contributed by atoms with Crippen molar-refractivity contribution in [2.75, 3.05) is 13.1 Å². The van der Waals surface area contributed by atoms with E-state index in [-0.39, 0.29) is 30.7 Å². The molecule has 158 valence electrons. The topological polar surface area (TPSA) is 92.3 Å². The summed E-state index contributed by atoms with van der Waals surface area (Å²) in [5, 5.41) is 5.96. The number of carbonyl (C=O) groups is 3. The molecule has 0 aliphatic carbocycles. The van der Waals surface area contributed by atoms with Crippen LogP contribution in [-0.2, 0) is 11.2 Å². The Morgan fingerprint density at radius 1 is 1.00 bits per heavy atom. The highest BCUT2D eigenvalue weighted by atomic mass is 32.1. The molecule has 0 bridgehead atoms. The van der Waals surface area contributed by atoms with Gasteiger partial charge in [0, 0.05) is 49.3 Å². The third kappa shape index (κ3) is 4.86. The molecule has 31 heavy (non-hydrogen) atoms. The van der Waals surface area contributed by atoms with Crippen molar-refractivity contribution in [2.24, 2.45) is 0 Å². The Labute approximate surface area is 184 Å². The van der Waals surface area contributed by atoms with Crippen molar-refractivity contribution in [3.8, 4) is 11.3 Å². The van der Waals surface area contributed by atoms with Crippen LogP contribution in [0.5, 0.6) is 0 Å². The Kier molecular flexibility index (Phi) is 6.47. The number of rotatable bonds is 9. The summed E-state index contributed by atoms with van der Waals surface area (Å²) >= 11 is 1.61. The van der Waals surface area contributed by atoms with E-state index in [0.717, 1.165) is 29.1 Å². The molecule has 7 nitrogen and oxygen atoms in total. The SMILES string of the molecule is O=C(CCCN1C(=O)c2ccccc2C1=O)NCCCc1nc(-c2ccncc2)cs1. The van der Waals surface area contributed by atoms with E-state index in [1.165, 1.54) is 4.90 Å². The van der Waals surface area contributed by atoms with Crippen LogP contribution < -0.4 is 5.32 Å². The number of fused-ring (bicyclic) bond motifs is 1. The molecule has 1 aromatic carbocycles. The zero-order chi connectivity index (χ0) is 21.6. The normalized spacial score (nSPS) is 12.8. The van der Waals surface area contributed by atoms with Crippen LogP contribution >= 0.6 is 11.3 Å². The van der Waals surface area contributed by atoms with Gasteiger partial charge in [0.1, 0.15) is 0 Å². The third-order valence-corrected chi connectivity index (χ3v) is 5.99. The Balaban J connectivity index is 1.15. The second-order valence-corrected chi connectivity index (χ2v) is 8.17. The van der Waals surface area contributed by atoms with Gasteiger partial charge in [0.15, 0.2) is 0 Å². The summed E-state index contributed by atoms with van der Waals surface area (Å²) in [6.45, 7) is 0.812. The Morgan fingerprint density at radius 2 is 1.71 bits per heavy atom. The average Bonchev–Trinajstić information content (AvgIpc) is 3.37. The summed E-state index contributed by atoms with van der Waals surface area (Å²) < 4.78 is 0. The maximum atomic E-state index is 12.3. The predicted octanol–water partition coefficient (Wildman–Crippen LogP) is 3.33. The largest absolute Gasteiger partial charge is 0.356 e. The monoisotopic (exact) mass is 434 g/mol. The van der Waals surface area contributed by atoms with Crippen molar-refractivity contribution in [1.82, 2.24) is 20.2 Å². The molecule has 2 aromatic heterocycles. The molecule has 0 saturated heterocycles. The average molecular weight is 435 g/mol. The summed E-state index contributed by atoms with van der Waals surface area (Å²) in [5.41, 5.74) is 2.86. The van der Waals surface area contributed by atoms with E-state index in [2.05, 4.69) is 15.3 Å². The van der Waals surface area contributed by atoms with E-state index >= 15 is 0 Å². The molecule has 8 heteroatoms. The standard InChI is InChI=1S/C23H22N4O3S/c28-20(7-4-14-27-22(29)17-5-1-2-6-18(17)23(27)30)25-11-3-8-21-26-19(15-31-21)16-9-12-24-13-10-16/h1-2,5-6,9-10,12-13,15H,3-4,7-8,11,14H2,(H,25,28). The van der Waals surface area contributed by atoms with Crippen LogP contribution in [0.3, 0.4) is 0 Å². The van der Waals surface area contributed by atoms with Crippen LogP contribution in [0.2, 0.25) is 0 Å². The minimum absolute atomic E-state index is 0.0757. The van der Waals surface area contributed by atoms with E-state index in [0.29, 0.717) is 24.1 Å². The van der Waals surface area contributed by atoms with Gasteiger partial charge in [0.2, 0.25) is 5.91 Å². The van der Waals surface area contributed by atoms with Gasteiger partial charge in [0.05, 0.1) is 21.8 Å². The minimum atomic E-state index is -0.282. The van der Waals surface area contributed by atoms with Gasteiger partial charge >= 0.3 is 0 Å². The van der Waals surface area contributed by atoms with Gasteiger partial charge in [-0.15, -0.1) is 11.3 Å². The van der Waals surface area contributed by atoms with Crippen LogP contribution in [0.4, 0.5) is 0 Å². The van der Waals surface area contributed by atoms with Gasteiger partial charge < -0.3 is 5.32 Å². The lowest BCUT2D eigenvalue weighted by molar-refractivity contribution is -0.121. The lowest BCUT2D eigenvalue weighted by atomic mass is 10.1. The molecule has 3 aromatic rings. The maximum absolute atomic E-state index is 12.3. The lowest BCUT2D eigenvalue weighted by Crippen LogP contribution is -2.32. The highest BCUT2D eigenvalue weighted by Gasteiger charge is 2.34. The lowest BCUT2D eigenvalue weighted by Gasteiger charge is -2.13. The fraction of sp³-hybridized carbons (Fsp3) is 0.261. The van der Waals surface area contributed by atoms with Gasteiger partial charge in [-0.3, -0.25) is 24.3 Å². The number of hydrogen-bond donors (Lipinski definition) is 1. The molecular weight excluding hydrogens is 412 g/mol. The molecule has 0 unspecified atom stereocenters. The van der Waals surface area contributed by atoms with Crippen LogP contribution in [0.15, 0.2) is 54.2 Å². The molecule has 0 radical (unpaired) electrons. The number of aromatic nitrogens is 2. The van der Waals surface area contributed by atoms with Crippen LogP contribution in [0, 0.1) is 0 Å². The Hall–Kier alpha value is -3.39. The number of nitrogens with one attached hydrogen (secondary N) is 1. The molecule has 0 atom stereocenters. The summed E-state index contributed by atoms with van der Waals surface area (Å²) in [5.74, 6) is -0.639. The van der Waals surface area contributed by atoms with Crippen LogP contribution in [0.1, 0.15) is 45.0 Å². The Morgan fingerprint density at radius 3 is 2.42 bits per heavy atom. The molecule has 0 spiro atoms. The smallest absolute Gasteiger partial charge is 0.261 e. The van der Waals surface area contributed by atoms with Gasteiger partial charge in [0.25, 0.3) is 11.8 Å². The first-order chi connectivity index (χ1) is 15.1. The van der Waals surface area contributed by atoms with Crippen molar-refractivity contribution in [1.29, 1.82) is 0 Å². The van der Waals surface area contributed by atoms with Crippen molar-refractivity contribution in [3.63, 3.8) is 0 Å². The fourth-order valence-corrected chi connectivity index (χ4v) is 4.33. The summed E-state index contributed by atoms with van der Waals surface area (Å²) in [7, 11) is 0. The van der Waals surface area contributed by atoms with E-state index < -0.39 is 0 Å². The minimum Gasteiger partial charge on any atom is -0.356 e. The zero-order valence-corrected chi connectivity index (χ0v) is 17.7. The molecule has 4 rings (SSSR count). The molecular formula is C23H22N4O3S. The predicted molar refractivity (Wildman–Crippen MR) is 118 cm³/mol. The highest BCUT2D eigenvalue weighted by molar-refractivity contribution is 7.09. The van der Waals surface area contributed by atoms with E-state index in [1.54, 1.807) is 48.0 Å². The quantitative estimate of drug-likeness (QED) is 0.412. The first kappa shape index (κ1) is 20.9. The van der Waals surface area contributed by atoms with Crippen LogP contribution in [-0.4, -0.2) is 45.7 Å². The number of thiazole rings is 1. The second kappa shape index (κ2) is 9.61. The molecule has 1 N–H and O–H groups in total. The number of carbonyl (C=O) groups excluding carboxylic acids is 3. The van der Waals surface area contributed by atoms with Crippen molar-refractivity contribution in [2.45, 2.75) is 25.7 Å². The van der Waals surface area contributed by atoms with Gasteiger partial charge in [-0.25, -0.2) is 4.98 Å². The molecule has 3 heterocycles. The second-order valence-electron chi connectivity index (χ2n) is 7.23. The molecule has 1 aliphatic rings. The number of imide groups is 1. The zero-order valence-electron chi connectivity index (χ0n) is 16.9. The van der Waals surface area contributed by atoms with E-state index in [1.807, 2.05) is 17.5 Å². The number of nitrogens with zero attached hydrogens (tertiary/aromatic N) is 3. The van der Waals surface area contributed by atoms with E-state index in [9.17, 15) is 14.4 Å². The summed E-state index contributed by atoms with van der Waals surface area (Å²) in [6, 6.07) is 10.7. The van der Waals surface area contributed by atoms with Crippen molar-refractivity contribution < 1.29 is 14.4 Å². The molecule has 0 saturated carbocycles. The Bertz CT molecular complexity index is 1060.